The van der Waals surface area contributed by atoms with Crippen molar-refractivity contribution in [3.8, 4) is 0 Å². The molecule has 0 aliphatic heterocycles. The van der Waals surface area contributed by atoms with E-state index in [1.807, 2.05) is 12.3 Å². The van der Waals surface area contributed by atoms with Gasteiger partial charge in [0.1, 0.15) is 5.69 Å². The third-order valence-corrected chi connectivity index (χ3v) is 4.47. The van der Waals surface area contributed by atoms with Crippen LogP contribution in [0.3, 0.4) is 0 Å². The van der Waals surface area contributed by atoms with Crippen molar-refractivity contribution >= 4 is 21.8 Å². The van der Waals surface area contributed by atoms with Gasteiger partial charge in [-0.15, -0.1) is 0 Å². The SMILES string of the molecule is O=C(N[C@@H]1CCCC[C@H]1O)c1cc(Br)cn1C1CC1. The fraction of sp³-hybridized carbons (Fsp3) is 0.643. The van der Waals surface area contributed by atoms with Gasteiger partial charge in [-0.3, -0.25) is 4.79 Å². The van der Waals surface area contributed by atoms with E-state index in [1.165, 1.54) is 0 Å². The van der Waals surface area contributed by atoms with E-state index in [0.29, 0.717) is 11.7 Å². The van der Waals surface area contributed by atoms with Crippen LogP contribution in [0.2, 0.25) is 0 Å². The summed E-state index contributed by atoms with van der Waals surface area (Å²) in [7, 11) is 0. The summed E-state index contributed by atoms with van der Waals surface area (Å²) in [5.74, 6) is -0.0662. The summed E-state index contributed by atoms with van der Waals surface area (Å²) < 4.78 is 2.99. The minimum atomic E-state index is -0.398. The van der Waals surface area contributed by atoms with Crippen LogP contribution in [0.1, 0.15) is 55.1 Å². The number of aromatic nitrogens is 1. The summed E-state index contributed by atoms with van der Waals surface area (Å²) in [6.45, 7) is 0. The van der Waals surface area contributed by atoms with Crippen LogP contribution < -0.4 is 5.32 Å². The molecule has 3 rings (SSSR count). The third-order valence-electron chi connectivity index (χ3n) is 4.03. The number of nitrogens with zero attached hydrogens (tertiary/aromatic N) is 1. The first-order valence-corrected chi connectivity index (χ1v) is 7.81. The quantitative estimate of drug-likeness (QED) is 0.897. The summed E-state index contributed by atoms with van der Waals surface area (Å²) in [6.07, 6.45) is 7.67. The zero-order chi connectivity index (χ0) is 13.4. The van der Waals surface area contributed by atoms with Crippen LogP contribution >= 0.6 is 15.9 Å². The molecule has 0 spiro atoms. The number of aliphatic hydroxyl groups excluding tert-OH is 1. The van der Waals surface area contributed by atoms with Gasteiger partial charge in [0, 0.05) is 16.7 Å². The summed E-state index contributed by atoms with van der Waals surface area (Å²) in [5.41, 5.74) is 0.701. The van der Waals surface area contributed by atoms with Crippen molar-refractivity contribution in [2.75, 3.05) is 0 Å². The van der Waals surface area contributed by atoms with E-state index in [9.17, 15) is 9.90 Å². The molecule has 1 aromatic heterocycles. The van der Waals surface area contributed by atoms with Crippen LogP contribution in [0.5, 0.6) is 0 Å². The molecular formula is C14H19BrN2O2. The second kappa shape index (κ2) is 5.29. The van der Waals surface area contributed by atoms with Crippen molar-refractivity contribution in [2.24, 2.45) is 0 Å². The monoisotopic (exact) mass is 326 g/mol. The van der Waals surface area contributed by atoms with Crippen LogP contribution in [0.4, 0.5) is 0 Å². The van der Waals surface area contributed by atoms with Gasteiger partial charge < -0.3 is 15.0 Å². The number of aliphatic hydroxyl groups is 1. The molecule has 0 unspecified atom stereocenters. The van der Waals surface area contributed by atoms with Crippen LogP contribution in [-0.2, 0) is 0 Å². The molecule has 0 bridgehead atoms. The number of nitrogens with one attached hydrogen (secondary N) is 1. The maximum atomic E-state index is 12.4. The molecule has 19 heavy (non-hydrogen) atoms. The van der Waals surface area contributed by atoms with Crippen molar-refractivity contribution < 1.29 is 9.90 Å². The van der Waals surface area contributed by atoms with Crippen molar-refractivity contribution in [3.05, 3.63) is 22.4 Å². The van der Waals surface area contributed by atoms with E-state index < -0.39 is 6.10 Å². The lowest BCUT2D eigenvalue weighted by Gasteiger charge is -2.28. The Hall–Kier alpha value is -0.810. The Morgan fingerprint density at radius 2 is 2.05 bits per heavy atom. The topological polar surface area (TPSA) is 54.3 Å². The lowest BCUT2D eigenvalue weighted by molar-refractivity contribution is 0.0710. The fourth-order valence-electron chi connectivity index (χ4n) is 2.80. The average molecular weight is 327 g/mol. The highest BCUT2D eigenvalue weighted by molar-refractivity contribution is 9.10. The third kappa shape index (κ3) is 2.87. The Balaban J connectivity index is 1.72. The lowest BCUT2D eigenvalue weighted by Crippen LogP contribution is -2.45. The van der Waals surface area contributed by atoms with Gasteiger partial charge in [0.2, 0.25) is 0 Å². The zero-order valence-corrected chi connectivity index (χ0v) is 12.4. The molecule has 5 heteroatoms. The first kappa shape index (κ1) is 13.2. The summed E-state index contributed by atoms with van der Waals surface area (Å²) in [6, 6.07) is 2.24. The van der Waals surface area contributed by atoms with Gasteiger partial charge in [0.25, 0.3) is 5.91 Å². The smallest absolute Gasteiger partial charge is 0.268 e. The minimum absolute atomic E-state index is 0.0662. The standard InChI is InChI=1S/C14H19BrN2O2/c15-9-7-12(17(8-9)10-5-6-10)14(19)16-11-3-1-2-4-13(11)18/h7-8,10-11,13,18H,1-6H2,(H,16,19)/t11-,13-/m1/s1. The molecule has 4 nitrogen and oxygen atoms in total. The van der Waals surface area contributed by atoms with Gasteiger partial charge in [-0.1, -0.05) is 12.8 Å². The normalized spacial score (nSPS) is 27.3. The van der Waals surface area contributed by atoms with Gasteiger partial charge in [-0.2, -0.15) is 0 Å². The minimum Gasteiger partial charge on any atom is -0.391 e. The van der Waals surface area contributed by atoms with Gasteiger partial charge in [-0.05, 0) is 47.7 Å². The molecule has 2 atom stereocenters. The molecule has 2 saturated carbocycles. The molecule has 2 aliphatic carbocycles. The average Bonchev–Trinajstić information content (AvgIpc) is 3.15. The predicted molar refractivity (Wildman–Crippen MR) is 76.1 cm³/mol. The summed E-state index contributed by atoms with van der Waals surface area (Å²) >= 11 is 3.43. The molecule has 0 radical (unpaired) electrons. The first-order valence-electron chi connectivity index (χ1n) is 7.01. The summed E-state index contributed by atoms with van der Waals surface area (Å²) in [5, 5.41) is 12.9. The largest absolute Gasteiger partial charge is 0.391 e. The zero-order valence-electron chi connectivity index (χ0n) is 10.8. The molecule has 2 N–H and O–H groups in total. The number of amides is 1. The van der Waals surface area contributed by atoms with Crippen LogP contribution in [-0.4, -0.2) is 27.7 Å². The maximum Gasteiger partial charge on any atom is 0.268 e. The molecule has 2 fully saturated rings. The van der Waals surface area contributed by atoms with Crippen LogP contribution in [0.25, 0.3) is 0 Å². The van der Waals surface area contributed by atoms with E-state index >= 15 is 0 Å². The van der Waals surface area contributed by atoms with E-state index in [0.717, 1.165) is 43.0 Å². The van der Waals surface area contributed by atoms with E-state index in [4.69, 9.17) is 0 Å². The number of rotatable bonds is 3. The number of hydrogen-bond donors (Lipinski definition) is 2. The predicted octanol–water partition coefficient (Wildman–Crippen LogP) is 2.62. The molecule has 1 aromatic rings. The highest BCUT2D eigenvalue weighted by Crippen LogP contribution is 2.37. The summed E-state index contributed by atoms with van der Waals surface area (Å²) in [4.78, 5) is 12.4. The van der Waals surface area contributed by atoms with Gasteiger partial charge in [0.05, 0.1) is 12.1 Å². The van der Waals surface area contributed by atoms with Crippen molar-refractivity contribution in [2.45, 2.75) is 56.7 Å². The number of carbonyl (C=O) groups excluding carboxylic acids is 1. The van der Waals surface area contributed by atoms with Gasteiger partial charge in [-0.25, -0.2) is 0 Å². The Morgan fingerprint density at radius 3 is 2.74 bits per heavy atom. The second-order valence-corrected chi connectivity index (χ2v) is 6.53. The van der Waals surface area contributed by atoms with E-state index in [2.05, 4.69) is 25.8 Å². The molecule has 1 heterocycles. The maximum absolute atomic E-state index is 12.4. The fourth-order valence-corrected chi connectivity index (χ4v) is 3.24. The Kier molecular flexibility index (Phi) is 3.67. The highest BCUT2D eigenvalue weighted by Gasteiger charge is 2.30. The van der Waals surface area contributed by atoms with Crippen molar-refractivity contribution in [1.29, 1.82) is 0 Å². The second-order valence-electron chi connectivity index (χ2n) is 5.61. The Morgan fingerprint density at radius 1 is 1.32 bits per heavy atom. The molecule has 0 aromatic carbocycles. The van der Waals surface area contributed by atoms with Crippen molar-refractivity contribution in [1.82, 2.24) is 9.88 Å². The van der Waals surface area contributed by atoms with E-state index in [-0.39, 0.29) is 11.9 Å². The van der Waals surface area contributed by atoms with E-state index in [1.54, 1.807) is 0 Å². The molecule has 2 aliphatic rings. The molecule has 0 saturated heterocycles. The Bertz CT molecular complexity index is 482. The van der Waals surface area contributed by atoms with Gasteiger partial charge in [0.15, 0.2) is 0 Å². The number of carbonyl (C=O) groups is 1. The number of halogens is 1. The van der Waals surface area contributed by atoms with Crippen LogP contribution in [0.15, 0.2) is 16.7 Å². The van der Waals surface area contributed by atoms with Crippen LogP contribution in [0, 0.1) is 0 Å². The molecular weight excluding hydrogens is 308 g/mol. The number of hydrogen-bond acceptors (Lipinski definition) is 2. The van der Waals surface area contributed by atoms with Gasteiger partial charge >= 0.3 is 0 Å². The Labute approximate surface area is 121 Å². The molecule has 104 valence electrons. The highest BCUT2D eigenvalue weighted by atomic mass is 79.9. The molecule has 1 amide bonds. The first-order chi connectivity index (χ1) is 9.15. The lowest BCUT2D eigenvalue weighted by atomic mass is 9.92. The van der Waals surface area contributed by atoms with Crippen molar-refractivity contribution in [3.63, 3.8) is 0 Å².